The van der Waals surface area contributed by atoms with Crippen molar-refractivity contribution in [2.75, 3.05) is 7.11 Å². The van der Waals surface area contributed by atoms with Gasteiger partial charge in [0.15, 0.2) is 0 Å². The number of benzene rings is 1. The smallest absolute Gasteiger partial charge is 0.118 e. The Morgan fingerprint density at radius 3 is 2.71 bits per heavy atom. The fraction of sp³-hybridized carbons (Fsp3) is 0.333. The molecule has 2 rings (SSSR count). The van der Waals surface area contributed by atoms with E-state index in [9.17, 15) is 0 Å². The van der Waals surface area contributed by atoms with Crippen LogP contribution >= 0.6 is 11.5 Å². The third-order valence-electron chi connectivity index (χ3n) is 2.61. The molecule has 0 bridgehead atoms. The molecule has 90 valence electrons. The number of ether oxygens (including phenoxy) is 1. The predicted octanol–water partition coefficient (Wildman–Crippen LogP) is 2.40. The van der Waals surface area contributed by atoms with E-state index in [1.54, 1.807) is 7.11 Å². The third kappa shape index (κ3) is 3.25. The lowest BCUT2D eigenvalue weighted by Gasteiger charge is -2.13. The zero-order valence-electron chi connectivity index (χ0n) is 9.88. The number of aromatic nitrogens is 2. The van der Waals surface area contributed by atoms with E-state index in [0.29, 0.717) is 0 Å². The molecule has 0 saturated heterocycles. The molecule has 0 radical (unpaired) electrons. The van der Waals surface area contributed by atoms with Gasteiger partial charge in [0.05, 0.1) is 12.8 Å². The largest absolute Gasteiger partial charge is 0.497 e. The molecule has 1 heterocycles. The first-order valence-electron chi connectivity index (χ1n) is 5.43. The van der Waals surface area contributed by atoms with Crippen molar-refractivity contribution in [2.24, 2.45) is 0 Å². The maximum atomic E-state index is 5.13. The zero-order chi connectivity index (χ0) is 12.1. The van der Waals surface area contributed by atoms with E-state index in [1.807, 2.05) is 17.5 Å². The molecule has 1 aromatic carbocycles. The second kappa shape index (κ2) is 5.75. The first-order chi connectivity index (χ1) is 8.29. The van der Waals surface area contributed by atoms with Crippen molar-refractivity contribution in [1.29, 1.82) is 0 Å². The Labute approximate surface area is 105 Å². The van der Waals surface area contributed by atoms with Gasteiger partial charge in [0.1, 0.15) is 5.75 Å². The molecular formula is C12H15N3OS. The Kier molecular flexibility index (Phi) is 4.06. The van der Waals surface area contributed by atoms with Gasteiger partial charge >= 0.3 is 0 Å². The molecule has 0 amide bonds. The van der Waals surface area contributed by atoms with Gasteiger partial charge in [0.25, 0.3) is 0 Å². The van der Waals surface area contributed by atoms with Gasteiger partial charge < -0.3 is 10.1 Å². The summed E-state index contributed by atoms with van der Waals surface area (Å²) in [5.41, 5.74) is 2.21. The molecule has 0 unspecified atom stereocenters. The van der Waals surface area contributed by atoms with Gasteiger partial charge in [-0.2, -0.15) is 0 Å². The summed E-state index contributed by atoms with van der Waals surface area (Å²) < 4.78 is 8.96. The summed E-state index contributed by atoms with van der Waals surface area (Å²) in [6.07, 6.45) is 0. The second-order valence-electron chi connectivity index (χ2n) is 3.77. The van der Waals surface area contributed by atoms with Crippen LogP contribution in [0.1, 0.15) is 24.2 Å². The Hall–Kier alpha value is -1.46. The molecule has 4 nitrogen and oxygen atoms in total. The highest BCUT2D eigenvalue weighted by molar-refractivity contribution is 7.03. The van der Waals surface area contributed by atoms with Crippen molar-refractivity contribution in [3.63, 3.8) is 0 Å². The molecule has 17 heavy (non-hydrogen) atoms. The molecule has 0 aliphatic heterocycles. The summed E-state index contributed by atoms with van der Waals surface area (Å²) in [6, 6.07) is 8.35. The highest BCUT2D eigenvalue weighted by atomic mass is 32.1. The van der Waals surface area contributed by atoms with Crippen molar-refractivity contribution < 1.29 is 4.74 Å². The van der Waals surface area contributed by atoms with Gasteiger partial charge in [0.2, 0.25) is 0 Å². The monoisotopic (exact) mass is 249 g/mol. The summed E-state index contributed by atoms with van der Waals surface area (Å²) in [4.78, 5) is 0. The minimum absolute atomic E-state index is 0.280. The van der Waals surface area contributed by atoms with Gasteiger partial charge in [-0.1, -0.05) is 16.6 Å². The Morgan fingerprint density at radius 1 is 1.35 bits per heavy atom. The normalized spacial score (nSPS) is 12.4. The first kappa shape index (κ1) is 12.0. The van der Waals surface area contributed by atoms with Gasteiger partial charge in [0, 0.05) is 18.0 Å². The molecule has 1 N–H and O–H groups in total. The molecular weight excluding hydrogens is 234 g/mol. The Balaban J connectivity index is 1.92. The van der Waals surface area contributed by atoms with Crippen LogP contribution in [-0.4, -0.2) is 16.7 Å². The van der Waals surface area contributed by atoms with Crippen LogP contribution in [0.5, 0.6) is 5.75 Å². The van der Waals surface area contributed by atoms with Gasteiger partial charge in [-0.25, -0.2) is 0 Å². The summed E-state index contributed by atoms with van der Waals surface area (Å²) in [6.45, 7) is 2.87. The maximum Gasteiger partial charge on any atom is 0.118 e. The zero-order valence-corrected chi connectivity index (χ0v) is 10.7. The summed E-state index contributed by atoms with van der Waals surface area (Å²) in [5.74, 6) is 0.879. The van der Waals surface area contributed by atoms with Gasteiger partial charge in [-0.05, 0) is 36.2 Å². The molecule has 0 aliphatic carbocycles. The summed E-state index contributed by atoms with van der Waals surface area (Å²) in [7, 11) is 1.67. The molecule has 5 heteroatoms. The lowest BCUT2D eigenvalue weighted by Crippen LogP contribution is -2.18. The standard InChI is InChI=1S/C12H15N3OS/c1-9(13-7-11-8-17-15-14-11)10-3-5-12(16-2)6-4-10/h3-6,8-9,13H,7H2,1-2H3/t9-/m1/s1. The second-order valence-corrected chi connectivity index (χ2v) is 4.38. The number of nitrogens with one attached hydrogen (secondary N) is 1. The van der Waals surface area contributed by atoms with E-state index in [4.69, 9.17) is 4.74 Å². The van der Waals surface area contributed by atoms with E-state index in [2.05, 4.69) is 34.0 Å². The number of hydrogen-bond donors (Lipinski definition) is 1. The quantitative estimate of drug-likeness (QED) is 0.884. The molecule has 0 saturated carbocycles. The lowest BCUT2D eigenvalue weighted by atomic mass is 10.1. The maximum absolute atomic E-state index is 5.13. The third-order valence-corrected chi connectivity index (χ3v) is 3.16. The lowest BCUT2D eigenvalue weighted by molar-refractivity contribution is 0.414. The fourth-order valence-electron chi connectivity index (χ4n) is 1.53. The van der Waals surface area contributed by atoms with E-state index in [-0.39, 0.29) is 6.04 Å². The molecule has 0 fully saturated rings. The fourth-order valence-corrected chi connectivity index (χ4v) is 1.98. The van der Waals surface area contributed by atoms with Crippen LogP contribution in [0.3, 0.4) is 0 Å². The molecule has 2 aromatic rings. The van der Waals surface area contributed by atoms with Crippen LogP contribution in [0.2, 0.25) is 0 Å². The van der Waals surface area contributed by atoms with Crippen molar-refractivity contribution in [1.82, 2.24) is 14.9 Å². The Morgan fingerprint density at radius 2 is 2.12 bits per heavy atom. The van der Waals surface area contributed by atoms with E-state index >= 15 is 0 Å². The molecule has 0 aliphatic rings. The summed E-state index contributed by atoms with van der Waals surface area (Å²) >= 11 is 1.37. The van der Waals surface area contributed by atoms with Crippen LogP contribution in [0.25, 0.3) is 0 Å². The van der Waals surface area contributed by atoms with Crippen LogP contribution in [0, 0.1) is 0 Å². The van der Waals surface area contributed by atoms with Gasteiger partial charge in [-0.3, -0.25) is 0 Å². The van der Waals surface area contributed by atoms with E-state index in [0.717, 1.165) is 18.0 Å². The van der Waals surface area contributed by atoms with Crippen molar-refractivity contribution in [2.45, 2.75) is 19.5 Å². The van der Waals surface area contributed by atoms with Crippen LogP contribution in [0.4, 0.5) is 0 Å². The molecule has 0 spiro atoms. The number of hydrogen-bond acceptors (Lipinski definition) is 5. The Bertz CT molecular complexity index is 441. The SMILES string of the molecule is COc1ccc([C@@H](C)NCc2csnn2)cc1. The van der Waals surface area contributed by atoms with E-state index in [1.165, 1.54) is 17.1 Å². The van der Waals surface area contributed by atoms with Gasteiger partial charge in [-0.15, -0.1) is 5.10 Å². The van der Waals surface area contributed by atoms with E-state index < -0.39 is 0 Å². The van der Waals surface area contributed by atoms with Crippen LogP contribution < -0.4 is 10.1 Å². The number of rotatable bonds is 5. The minimum Gasteiger partial charge on any atom is -0.497 e. The molecule has 1 atom stereocenters. The van der Waals surface area contributed by atoms with Crippen molar-refractivity contribution in [3.8, 4) is 5.75 Å². The average Bonchev–Trinajstić information content (AvgIpc) is 2.89. The van der Waals surface area contributed by atoms with Crippen molar-refractivity contribution in [3.05, 3.63) is 40.9 Å². The van der Waals surface area contributed by atoms with Crippen LogP contribution in [-0.2, 0) is 6.54 Å². The number of nitrogens with zero attached hydrogens (tertiary/aromatic N) is 2. The highest BCUT2D eigenvalue weighted by Gasteiger charge is 2.05. The van der Waals surface area contributed by atoms with Crippen molar-refractivity contribution >= 4 is 11.5 Å². The predicted molar refractivity (Wildman–Crippen MR) is 68.2 cm³/mol. The summed E-state index contributed by atoms with van der Waals surface area (Å²) in [5, 5.41) is 9.35. The minimum atomic E-state index is 0.280. The average molecular weight is 249 g/mol. The first-order valence-corrected chi connectivity index (χ1v) is 6.26. The van der Waals surface area contributed by atoms with Crippen LogP contribution in [0.15, 0.2) is 29.6 Å². The highest BCUT2D eigenvalue weighted by Crippen LogP contribution is 2.17. The topological polar surface area (TPSA) is 47.0 Å². The molecule has 1 aromatic heterocycles. The number of methoxy groups -OCH3 is 1.